The maximum absolute atomic E-state index is 9.43. The van der Waals surface area contributed by atoms with E-state index >= 15 is 0 Å². The molecule has 1 atom stereocenters. The topological polar surface area (TPSA) is 123 Å². The Morgan fingerprint density at radius 1 is 1.24 bits per heavy atom. The van der Waals surface area contributed by atoms with Crippen LogP contribution in [-0.4, -0.2) is 43.3 Å². The minimum absolute atomic E-state index is 0.0229. The lowest BCUT2D eigenvalue weighted by Crippen LogP contribution is -2.54. The van der Waals surface area contributed by atoms with Gasteiger partial charge < -0.3 is 30.3 Å². The number of rotatable bonds is 3. The van der Waals surface area contributed by atoms with Crippen molar-refractivity contribution in [3.05, 3.63) is 29.8 Å². The van der Waals surface area contributed by atoms with Crippen molar-refractivity contribution in [1.82, 2.24) is 0 Å². The van der Waals surface area contributed by atoms with Crippen LogP contribution in [-0.2, 0) is 4.74 Å². The lowest BCUT2D eigenvalue weighted by atomic mass is 10.2. The van der Waals surface area contributed by atoms with Gasteiger partial charge in [0, 0.05) is 0 Å². The summed E-state index contributed by atoms with van der Waals surface area (Å²) in [4.78, 5) is 0. The van der Waals surface area contributed by atoms with Crippen LogP contribution in [0.5, 0.6) is 5.75 Å². The maximum Gasteiger partial charge on any atom is 0.388 e. The first-order chi connectivity index (χ1) is 7.68. The van der Waals surface area contributed by atoms with E-state index in [2.05, 4.69) is 9.47 Å². The molecule has 1 unspecified atom stereocenters. The fraction of sp³-hybridized carbons (Fsp3) is 0.400. The van der Waals surface area contributed by atoms with E-state index in [1.54, 1.807) is 19.1 Å². The first-order valence-corrected chi connectivity index (χ1v) is 4.76. The fourth-order valence-corrected chi connectivity index (χ4v) is 1.37. The van der Waals surface area contributed by atoms with E-state index in [1.807, 2.05) is 0 Å². The SMILES string of the molecule is Cc1cccc(OC(O)(O)C2(O)OC2(O)O)c1. The Bertz CT molecular complexity index is 442. The van der Waals surface area contributed by atoms with Crippen LogP contribution in [0.3, 0.4) is 0 Å². The van der Waals surface area contributed by atoms with Crippen molar-refractivity contribution in [2.24, 2.45) is 0 Å². The predicted molar refractivity (Wildman–Crippen MR) is 52.2 cm³/mol. The molecule has 1 heterocycles. The summed E-state index contributed by atoms with van der Waals surface area (Å²) in [7, 11) is 0. The third kappa shape index (κ3) is 1.89. The predicted octanol–water partition coefficient (Wildman–Crippen LogP) is -1.63. The number of benzene rings is 1. The van der Waals surface area contributed by atoms with Gasteiger partial charge >= 0.3 is 17.7 Å². The maximum atomic E-state index is 9.43. The molecule has 5 N–H and O–H groups in total. The molecule has 0 amide bonds. The van der Waals surface area contributed by atoms with Crippen molar-refractivity contribution in [2.75, 3.05) is 0 Å². The van der Waals surface area contributed by atoms with Crippen LogP contribution in [0.15, 0.2) is 24.3 Å². The van der Waals surface area contributed by atoms with E-state index in [1.165, 1.54) is 12.1 Å². The van der Waals surface area contributed by atoms with Gasteiger partial charge in [-0.2, -0.15) is 0 Å². The highest BCUT2D eigenvalue weighted by molar-refractivity contribution is 5.28. The zero-order valence-electron chi connectivity index (χ0n) is 8.86. The standard InChI is InChI=1S/C10H12O7/c1-6-3-2-4-7(5-6)16-9(12,13)8(11)10(14,15)17-8/h2-5,11-15H,1H3. The molecule has 1 aliphatic heterocycles. The van der Waals surface area contributed by atoms with E-state index in [-0.39, 0.29) is 5.75 Å². The second-order valence-corrected chi connectivity index (χ2v) is 3.88. The number of aliphatic hydroxyl groups is 5. The van der Waals surface area contributed by atoms with Crippen molar-refractivity contribution < 1.29 is 35.0 Å². The van der Waals surface area contributed by atoms with Gasteiger partial charge in [-0.25, -0.2) is 0 Å². The van der Waals surface area contributed by atoms with Crippen LogP contribution in [0.25, 0.3) is 0 Å². The molecule has 0 aromatic heterocycles. The normalized spacial score (nSPS) is 26.7. The highest BCUT2D eigenvalue weighted by atomic mass is 17.0. The van der Waals surface area contributed by atoms with Gasteiger partial charge in [-0.05, 0) is 24.6 Å². The quantitative estimate of drug-likeness (QED) is 0.319. The van der Waals surface area contributed by atoms with Crippen LogP contribution in [0.1, 0.15) is 5.56 Å². The molecule has 7 heteroatoms. The van der Waals surface area contributed by atoms with E-state index in [0.717, 1.165) is 5.56 Å². The molecule has 2 rings (SSSR count). The van der Waals surface area contributed by atoms with Crippen LogP contribution < -0.4 is 4.74 Å². The lowest BCUT2D eigenvalue weighted by Gasteiger charge is -2.25. The first-order valence-electron chi connectivity index (χ1n) is 4.76. The number of hydrogen-bond acceptors (Lipinski definition) is 7. The van der Waals surface area contributed by atoms with Crippen LogP contribution >= 0.6 is 0 Å². The third-order valence-corrected chi connectivity index (χ3v) is 2.38. The van der Waals surface area contributed by atoms with Crippen LogP contribution in [0.4, 0.5) is 0 Å². The second kappa shape index (κ2) is 3.39. The zero-order chi connectivity index (χ0) is 12.9. The molecule has 1 fully saturated rings. The molecule has 0 spiro atoms. The summed E-state index contributed by atoms with van der Waals surface area (Å²) in [5, 5.41) is 46.0. The molecule has 0 aliphatic carbocycles. The molecule has 0 saturated carbocycles. The average molecular weight is 244 g/mol. The fourth-order valence-electron chi connectivity index (χ4n) is 1.37. The van der Waals surface area contributed by atoms with Gasteiger partial charge in [-0.1, -0.05) is 12.1 Å². The van der Waals surface area contributed by atoms with Gasteiger partial charge in [0.05, 0.1) is 0 Å². The highest BCUT2D eigenvalue weighted by Gasteiger charge is 2.83. The van der Waals surface area contributed by atoms with Crippen molar-refractivity contribution in [3.8, 4) is 5.75 Å². The van der Waals surface area contributed by atoms with Crippen molar-refractivity contribution in [2.45, 2.75) is 24.7 Å². The Labute approximate surface area is 96.1 Å². The first kappa shape index (κ1) is 12.2. The minimum Gasteiger partial charge on any atom is -0.435 e. The molecule has 94 valence electrons. The van der Waals surface area contributed by atoms with Gasteiger partial charge in [0.15, 0.2) is 0 Å². The van der Waals surface area contributed by atoms with Crippen LogP contribution in [0.2, 0.25) is 0 Å². The van der Waals surface area contributed by atoms with Crippen molar-refractivity contribution in [1.29, 1.82) is 0 Å². The molecular formula is C10H12O7. The summed E-state index contributed by atoms with van der Waals surface area (Å²) in [6.45, 7) is 1.74. The molecule has 7 nitrogen and oxygen atoms in total. The number of epoxide rings is 1. The Morgan fingerprint density at radius 3 is 2.29 bits per heavy atom. The summed E-state index contributed by atoms with van der Waals surface area (Å²) in [6, 6.07) is 6.19. The zero-order valence-corrected chi connectivity index (χ0v) is 8.86. The van der Waals surface area contributed by atoms with Crippen LogP contribution in [0, 0.1) is 6.92 Å². The average Bonchev–Trinajstić information content (AvgIpc) is 2.67. The summed E-state index contributed by atoms with van der Waals surface area (Å²) >= 11 is 0. The van der Waals surface area contributed by atoms with E-state index < -0.39 is 17.7 Å². The number of aryl methyl sites for hydroxylation is 1. The van der Waals surface area contributed by atoms with Gasteiger partial charge in [0.25, 0.3) is 0 Å². The summed E-state index contributed by atoms with van der Waals surface area (Å²) in [5.74, 6) is -9.33. The minimum atomic E-state index is -3.29. The smallest absolute Gasteiger partial charge is 0.388 e. The molecule has 1 aromatic rings. The molecule has 0 radical (unpaired) electrons. The highest BCUT2D eigenvalue weighted by Crippen LogP contribution is 2.48. The summed E-state index contributed by atoms with van der Waals surface area (Å²) < 4.78 is 8.66. The number of hydrogen-bond donors (Lipinski definition) is 5. The monoisotopic (exact) mass is 244 g/mol. The summed E-state index contributed by atoms with van der Waals surface area (Å²) in [5.41, 5.74) is 0.779. The Balaban J connectivity index is 2.19. The lowest BCUT2D eigenvalue weighted by molar-refractivity contribution is -0.379. The Hall–Kier alpha value is -1.22. The summed E-state index contributed by atoms with van der Waals surface area (Å²) in [6.07, 6.45) is 0. The van der Waals surface area contributed by atoms with Gasteiger partial charge in [0.2, 0.25) is 0 Å². The molecular weight excluding hydrogens is 232 g/mol. The van der Waals surface area contributed by atoms with Crippen molar-refractivity contribution in [3.63, 3.8) is 0 Å². The van der Waals surface area contributed by atoms with Gasteiger partial charge in [0.1, 0.15) is 5.75 Å². The second-order valence-electron chi connectivity index (χ2n) is 3.88. The van der Waals surface area contributed by atoms with E-state index in [0.29, 0.717) is 0 Å². The Morgan fingerprint density at radius 2 is 1.82 bits per heavy atom. The third-order valence-electron chi connectivity index (χ3n) is 2.38. The van der Waals surface area contributed by atoms with Crippen molar-refractivity contribution >= 4 is 0 Å². The molecule has 1 aliphatic rings. The molecule has 1 aromatic carbocycles. The molecule has 17 heavy (non-hydrogen) atoms. The van der Waals surface area contributed by atoms with Gasteiger partial charge in [-0.15, -0.1) is 0 Å². The largest absolute Gasteiger partial charge is 0.435 e. The number of ether oxygens (including phenoxy) is 2. The Kier molecular flexibility index (Phi) is 2.44. The molecule has 0 bridgehead atoms. The van der Waals surface area contributed by atoms with E-state index in [4.69, 9.17) is 10.2 Å². The molecule has 1 saturated heterocycles. The van der Waals surface area contributed by atoms with Gasteiger partial charge in [-0.3, -0.25) is 4.74 Å². The van der Waals surface area contributed by atoms with E-state index in [9.17, 15) is 15.3 Å².